The van der Waals surface area contributed by atoms with E-state index in [1.165, 1.54) is 10.8 Å². The van der Waals surface area contributed by atoms with Crippen LogP contribution < -0.4 is 5.73 Å². The van der Waals surface area contributed by atoms with Crippen LogP contribution in [0.25, 0.3) is 10.8 Å². The first-order valence-corrected chi connectivity index (χ1v) is 7.62. The molecular formula is C18H24N2O. The monoisotopic (exact) mass is 284 g/mol. The summed E-state index contributed by atoms with van der Waals surface area (Å²) in [6, 6.07) is 14.5. The zero-order valence-electron chi connectivity index (χ0n) is 12.7. The van der Waals surface area contributed by atoms with E-state index in [0.717, 1.165) is 37.9 Å². The molecule has 112 valence electrons. The molecule has 0 heterocycles. The molecule has 0 atom stereocenters. The predicted octanol–water partition coefficient (Wildman–Crippen LogP) is 2.97. The summed E-state index contributed by atoms with van der Waals surface area (Å²) in [6.45, 7) is 1.54. The second-order valence-electron chi connectivity index (χ2n) is 5.52. The maximum atomic E-state index is 12.2. The summed E-state index contributed by atoms with van der Waals surface area (Å²) in [7, 11) is 1.88. The summed E-state index contributed by atoms with van der Waals surface area (Å²) < 4.78 is 0. The van der Waals surface area contributed by atoms with E-state index < -0.39 is 0 Å². The van der Waals surface area contributed by atoms with E-state index in [-0.39, 0.29) is 5.91 Å². The van der Waals surface area contributed by atoms with Gasteiger partial charge in [0.15, 0.2) is 0 Å². The molecule has 0 aromatic heterocycles. The molecule has 0 spiro atoms. The molecule has 2 rings (SSSR count). The fourth-order valence-corrected chi connectivity index (χ4v) is 2.45. The Morgan fingerprint density at radius 1 is 1.05 bits per heavy atom. The fourth-order valence-electron chi connectivity index (χ4n) is 2.45. The second-order valence-corrected chi connectivity index (χ2v) is 5.52. The third-order valence-electron chi connectivity index (χ3n) is 3.79. The molecule has 0 bridgehead atoms. The Balaban J connectivity index is 1.91. The van der Waals surface area contributed by atoms with Crippen LogP contribution >= 0.6 is 0 Å². The average Bonchev–Trinajstić information content (AvgIpc) is 2.51. The lowest BCUT2D eigenvalue weighted by atomic mass is 10.0. The highest BCUT2D eigenvalue weighted by Gasteiger charge is 2.09. The second kappa shape index (κ2) is 7.79. The number of carbonyl (C=O) groups excluding carboxylic acids is 1. The van der Waals surface area contributed by atoms with Crippen molar-refractivity contribution in [3.05, 3.63) is 48.0 Å². The van der Waals surface area contributed by atoms with Gasteiger partial charge in [-0.1, -0.05) is 48.9 Å². The van der Waals surface area contributed by atoms with Crippen LogP contribution in [-0.4, -0.2) is 30.9 Å². The molecule has 0 saturated carbocycles. The minimum Gasteiger partial charge on any atom is -0.345 e. The normalized spacial score (nSPS) is 10.8. The molecule has 0 fully saturated rings. The molecule has 2 aromatic carbocycles. The molecule has 0 aliphatic heterocycles. The van der Waals surface area contributed by atoms with Crippen LogP contribution in [-0.2, 0) is 11.2 Å². The van der Waals surface area contributed by atoms with Crippen LogP contribution in [0.5, 0.6) is 0 Å². The zero-order valence-corrected chi connectivity index (χ0v) is 12.7. The Labute approximate surface area is 126 Å². The number of hydrogen-bond acceptors (Lipinski definition) is 2. The van der Waals surface area contributed by atoms with Gasteiger partial charge in [-0.15, -0.1) is 0 Å². The maximum absolute atomic E-state index is 12.2. The van der Waals surface area contributed by atoms with Crippen LogP contribution in [0.3, 0.4) is 0 Å². The third-order valence-corrected chi connectivity index (χ3v) is 3.79. The summed E-state index contributed by atoms with van der Waals surface area (Å²) in [4.78, 5) is 14.0. The van der Waals surface area contributed by atoms with Gasteiger partial charge in [0.05, 0.1) is 6.42 Å². The van der Waals surface area contributed by atoms with Gasteiger partial charge in [-0.3, -0.25) is 4.79 Å². The van der Waals surface area contributed by atoms with Crippen molar-refractivity contribution in [2.75, 3.05) is 20.1 Å². The van der Waals surface area contributed by atoms with Crippen molar-refractivity contribution in [3.8, 4) is 0 Å². The fraction of sp³-hybridized carbons (Fsp3) is 0.389. The van der Waals surface area contributed by atoms with Gasteiger partial charge >= 0.3 is 0 Å². The SMILES string of the molecule is CN(CCCCCN)C(=O)Cc1ccc2ccccc2c1. The van der Waals surface area contributed by atoms with Crippen molar-refractivity contribution in [3.63, 3.8) is 0 Å². The van der Waals surface area contributed by atoms with E-state index in [0.29, 0.717) is 6.42 Å². The van der Waals surface area contributed by atoms with E-state index in [2.05, 4.69) is 24.3 Å². The van der Waals surface area contributed by atoms with Gasteiger partial charge in [-0.05, 0) is 35.7 Å². The molecular weight excluding hydrogens is 260 g/mol. The molecule has 1 amide bonds. The van der Waals surface area contributed by atoms with Crippen molar-refractivity contribution in [2.45, 2.75) is 25.7 Å². The summed E-state index contributed by atoms with van der Waals surface area (Å²) in [5.41, 5.74) is 6.55. The molecule has 0 radical (unpaired) electrons. The van der Waals surface area contributed by atoms with Crippen LogP contribution in [0, 0.1) is 0 Å². The Hall–Kier alpha value is -1.87. The lowest BCUT2D eigenvalue weighted by molar-refractivity contribution is -0.129. The van der Waals surface area contributed by atoms with Crippen LogP contribution in [0.15, 0.2) is 42.5 Å². The number of nitrogens with zero attached hydrogens (tertiary/aromatic N) is 1. The zero-order chi connectivity index (χ0) is 15.1. The number of carbonyl (C=O) groups is 1. The van der Waals surface area contributed by atoms with Crippen LogP contribution in [0.2, 0.25) is 0 Å². The van der Waals surface area contributed by atoms with Crippen LogP contribution in [0.4, 0.5) is 0 Å². The first kappa shape index (κ1) is 15.5. The smallest absolute Gasteiger partial charge is 0.226 e. The van der Waals surface area contributed by atoms with Gasteiger partial charge in [0.1, 0.15) is 0 Å². The highest BCUT2D eigenvalue weighted by molar-refractivity contribution is 5.85. The van der Waals surface area contributed by atoms with E-state index in [4.69, 9.17) is 5.73 Å². The van der Waals surface area contributed by atoms with Gasteiger partial charge in [0.25, 0.3) is 0 Å². The summed E-state index contributed by atoms with van der Waals surface area (Å²) in [5, 5.41) is 2.40. The molecule has 3 nitrogen and oxygen atoms in total. The summed E-state index contributed by atoms with van der Waals surface area (Å²) >= 11 is 0. The molecule has 0 aliphatic carbocycles. The van der Waals surface area contributed by atoms with Crippen molar-refractivity contribution < 1.29 is 4.79 Å². The van der Waals surface area contributed by atoms with E-state index in [9.17, 15) is 4.79 Å². The highest BCUT2D eigenvalue weighted by Crippen LogP contribution is 2.16. The molecule has 0 aliphatic rings. The largest absolute Gasteiger partial charge is 0.345 e. The Morgan fingerprint density at radius 3 is 2.57 bits per heavy atom. The van der Waals surface area contributed by atoms with E-state index in [1.807, 2.05) is 30.1 Å². The van der Waals surface area contributed by atoms with Crippen molar-refractivity contribution >= 4 is 16.7 Å². The average molecular weight is 284 g/mol. The van der Waals surface area contributed by atoms with E-state index in [1.54, 1.807) is 0 Å². The first-order valence-electron chi connectivity index (χ1n) is 7.62. The molecule has 2 aromatic rings. The minimum atomic E-state index is 0.179. The van der Waals surface area contributed by atoms with Crippen molar-refractivity contribution in [1.29, 1.82) is 0 Å². The molecule has 0 unspecified atom stereocenters. The van der Waals surface area contributed by atoms with Gasteiger partial charge in [-0.2, -0.15) is 0 Å². The maximum Gasteiger partial charge on any atom is 0.226 e. The van der Waals surface area contributed by atoms with Gasteiger partial charge in [-0.25, -0.2) is 0 Å². The highest BCUT2D eigenvalue weighted by atomic mass is 16.2. The summed E-state index contributed by atoms with van der Waals surface area (Å²) in [6.07, 6.45) is 3.62. The van der Waals surface area contributed by atoms with Gasteiger partial charge in [0.2, 0.25) is 5.91 Å². The van der Waals surface area contributed by atoms with Gasteiger partial charge < -0.3 is 10.6 Å². The lowest BCUT2D eigenvalue weighted by Crippen LogP contribution is -2.29. The Kier molecular flexibility index (Phi) is 5.76. The number of rotatable bonds is 7. The summed E-state index contributed by atoms with van der Waals surface area (Å²) in [5.74, 6) is 0.179. The Morgan fingerprint density at radius 2 is 1.81 bits per heavy atom. The van der Waals surface area contributed by atoms with Gasteiger partial charge in [0, 0.05) is 13.6 Å². The quantitative estimate of drug-likeness (QED) is 0.795. The van der Waals surface area contributed by atoms with Crippen LogP contribution in [0.1, 0.15) is 24.8 Å². The standard InChI is InChI=1S/C18H24N2O/c1-20(12-6-2-5-11-19)18(21)14-15-9-10-16-7-3-4-8-17(16)13-15/h3-4,7-10,13H,2,5-6,11-12,14,19H2,1H3. The topological polar surface area (TPSA) is 46.3 Å². The first-order chi connectivity index (χ1) is 10.2. The molecule has 2 N–H and O–H groups in total. The van der Waals surface area contributed by atoms with Crippen molar-refractivity contribution in [2.24, 2.45) is 5.73 Å². The number of unbranched alkanes of at least 4 members (excludes halogenated alkanes) is 2. The molecule has 3 heteroatoms. The van der Waals surface area contributed by atoms with Crippen molar-refractivity contribution in [1.82, 2.24) is 4.90 Å². The number of fused-ring (bicyclic) bond motifs is 1. The Bertz CT molecular complexity index is 595. The number of amides is 1. The predicted molar refractivity (Wildman–Crippen MR) is 88.2 cm³/mol. The molecule has 21 heavy (non-hydrogen) atoms. The number of hydrogen-bond donors (Lipinski definition) is 1. The number of nitrogens with two attached hydrogens (primary N) is 1. The number of likely N-dealkylation sites (N-methyl/N-ethyl adjacent to an activating group) is 1. The van der Waals surface area contributed by atoms with E-state index >= 15 is 0 Å². The lowest BCUT2D eigenvalue weighted by Gasteiger charge is -2.17. The third kappa shape index (κ3) is 4.57. The number of benzene rings is 2. The minimum absolute atomic E-state index is 0.179. The molecule has 0 saturated heterocycles.